The Morgan fingerprint density at radius 3 is 2.26 bits per heavy atom. The van der Waals surface area contributed by atoms with Crippen LogP contribution in [0.2, 0.25) is 0 Å². The minimum Gasteiger partial charge on any atom is -0.467 e. The number of ether oxygens (including phenoxy) is 2. The van der Waals surface area contributed by atoms with Crippen LogP contribution in [0.3, 0.4) is 0 Å². The summed E-state index contributed by atoms with van der Waals surface area (Å²) in [6, 6.07) is 15.2. The number of fused-ring (bicyclic) bond motifs is 3. The first-order valence-electron chi connectivity index (χ1n) is 8.99. The van der Waals surface area contributed by atoms with Gasteiger partial charge in [0.2, 0.25) is 0 Å². The van der Waals surface area contributed by atoms with Crippen molar-refractivity contribution in [3.8, 4) is 11.1 Å². The van der Waals surface area contributed by atoms with E-state index >= 15 is 0 Å². The molecule has 6 nitrogen and oxygen atoms in total. The maximum atomic E-state index is 12.6. The first-order chi connectivity index (χ1) is 13.1. The van der Waals surface area contributed by atoms with Gasteiger partial charge in [0.15, 0.2) is 6.04 Å². The second-order valence-corrected chi connectivity index (χ2v) is 6.82. The number of carbonyl (C=O) groups is 2. The lowest BCUT2D eigenvalue weighted by atomic mass is 9.98. The third-order valence-corrected chi connectivity index (χ3v) is 5.38. The molecule has 2 atom stereocenters. The van der Waals surface area contributed by atoms with Gasteiger partial charge in [-0.3, -0.25) is 4.90 Å². The molecule has 0 spiro atoms. The van der Waals surface area contributed by atoms with Crippen LogP contribution in [0.5, 0.6) is 0 Å². The highest BCUT2D eigenvalue weighted by atomic mass is 16.6. The van der Waals surface area contributed by atoms with E-state index in [-0.39, 0.29) is 19.1 Å². The lowest BCUT2D eigenvalue weighted by Gasteiger charge is -2.24. The molecule has 2 aliphatic rings. The smallest absolute Gasteiger partial charge is 0.410 e. The number of aliphatic hydroxyl groups excluding tert-OH is 1. The van der Waals surface area contributed by atoms with E-state index in [0.29, 0.717) is 6.42 Å². The van der Waals surface area contributed by atoms with Crippen molar-refractivity contribution in [2.24, 2.45) is 0 Å². The fourth-order valence-corrected chi connectivity index (χ4v) is 4.06. The predicted octanol–water partition coefficient (Wildman–Crippen LogP) is 2.54. The first-order valence-corrected chi connectivity index (χ1v) is 8.99. The van der Waals surface area contributed by atoms with Gasteiger partial charge in [-0.05, 0) is 28.7 Å². The Hall–Kier alpha value is -2.86. The largest absolute Gasteiger partial charge is 0.467 e. The Balaban J connectivity index is 1.52. The van der Waals surface area contributed by atoms with Crippen LogP contribution < -0.4 is 0 Å². The Kier molecular flexibility index (Phi) is 4.58. The van der Waals surface area contributed by atoms with Gasteiger partial charge in [-0.2, -0.15) is 0 Å². The van der Waals surface area contributed by atoms with E-state index in [2.05, 4.69) is 12.1 Å². The standard InChI is InChI=1S/C21H21NO5/c1-26-20(24)19-18(23)10-11-22(19)21(25)27-12-17-15-8-4-2-6-13(15)14-7-3-5-9-16(14)17/h2-9,17-19,23H,10-12H2,1H3/t18?,19-/m0/s1. The summed E-state index contributed by atoms with van der Waals surface area (Å²) in [5.41, 5.74) is 4.55. The molecule has 1 N–H and O–H groups in total. The summed E-state index contributed by atoms with van der Waals surface area (Å²) in [4.78, 5) is 25.7. The van der Waals surface area contributed by atoms with Gasteiger partial charge in [0, 0.05) is 12.5 Å². The van der Waals surface area contributed by atoms with Gasteiger partial charge in [0.05, 0.1) is 13.2 Å². The lowest BCUT2D eigenvalue weighted by molar-refractivity contribution is -0.148. The minimum atomic E-state index is -1.01. The third kappa shape index (κ3) is 2.96. The summed E-state index contributed by atoms with van der Waals surface area (Å²) in [5.74, 6) is -0.682. The normalized spacial score (nSPS) is 20.9. The van der Waals surface area contributed by atoms with Crippen LogP contribution >= 0.6 is 0 Å². The Morgan fingerprint density at radius 2 is 1.67 bits per heavy atom. The molecule has 1 aliphatic carbocycles. The summed E-state index contributed by atoms with van der Waals surface area (Å²) in [7, 11) is 1.24. The number of likely N-dealkylation sites (tertiary alicyclic amines) is 1. The Bertz CT molecular complexity index is 835. The number of amides is 1. The van der Waals surface area contributed by atoms with Crippen molar-refractivity contribution in [3.05, 3.63) is 59.7 Å². The minimum absolute atomic E-state index is 0.0505. The highest BCUT2D eigenvalue weighted by molar-refractivity contribution is 5.83. The Morgan fingerprint density at radius 1 is 1.07 bits per heavy atom. The number of carbonyl (C=O) groups excluding carboxylic acids is 2. The summed E-state index contributed by atoms with van der Waals surface area (Å²) in [6.07, 6.45) is -1.22. The zero-order valence-electron chi connectivity index (χ0n) is 15.0. The zero-order valence-corrected chi connectivity index (χ0v) is 15.0. The molecule has 0 radical (unpaired) electrons. The van der Waals surface area contributed by atoms with Crippen molar-refractivity contribution in [2.45, 2.75) is 24.5 Å². The molecule has 1 amide bonds. The van der Waals surface area contributed by atoms with Crippen LogP contribution in [0.15, 0.2) is 48.5 Å². The maximum Gasteiger partial charge on any atom is 0.410 e. The van der Waals surface area contributed by atoms with E-state index in [1.54, 1.807) is 0 Å². The van der Waals surface area contributed by atoms with E-state index in [1.165, 1.54) is 12.0 Å². The fourth-order valence-electron chi connectivity index (χ4n) is 4.06. The molecule has 1 saturated heterocycles. The van der Waals surface area contributed by atoms with E-state index in [4.69, 9.17) is 9.47 Å². The van der Waals surface area contributed by atoms with Crippen molar-refractivity contribution in [2.75, 3.05) is 20.3 Å². The molecular formula is C21H21NO5. The molecule has 1 fully saturated rings. The highest BCUT2D eigenvalue weighted by Crippen LogP contribution is 2.44. The Labute approximate surface area is 157 Å². The monoisotopic (exact) mass is 367 g/mol. The summed E-state index contributed by atoms with van der Waals surface area (Å²) in [5, 5.41) is 10.00. The van der Waals surface area contributed by atoms with Crippen LogP contribution in [0.1, 0.15) is 23.5 Å². The summed E-state index contributed by atoms with van der Waals surface area (Å²) < 4.78 is 10.3. The molecule has 1 heterocycles. The average molecular weight is 367 g/mol. The van der Waals surface area contributed by atoms with Gasteiger partial charge in [0.1, 0.15) is 6.61 Å². The van der Waals surface area contributed by atoms with Gasteiger partial charge in [-0.15, -0.1) is 0 Å². The number of benzene rings is 2. The zero-order chi connectivity index (χ0) is 19.0. The van der Waals surface area contributed by atoms with Gasteiger partial charge < -0.3 is 14.6 Å². The van der Waals surface area contributed by atoms with E-state index in [1.807, 2.05) is 36.4 Å². The molecule has 0 aromatic heterocycles. The molecule has 1 unspecified atom stereocenters. The third-order valence-electron chi connectivity index (χ3n) is 5.38. The van der Waals surface area contributed by atoms with Crippen LogP contribution in [0.4, 0.5) is 4.79 Å². The number of esters is 1. The molecule has 2 aromatic carbocycles. The number of nitrogens with zero attached hydrogens (tertiary/aromatic N) is 1. The number of rotatable bonds is 3. The molecule has 4 rings (SSSR count). The number of hydrogen-bond donors (Lipinski definition) is 1. The van der Waals surface area contributed by atoms with Crippen molar-refractivity contribution in [1.29, 1.82) is 0 Å². The van der Waals surface area contributed by atoms with Crippen LogP contribution in [0.25, 0.3) is 11.1 Å². The number of methoxy groups -OCH3 is 1. The summed E-state index contributed by atoms with van der Waals surface area (Å²) in [6.45, 7) is 0.435. The maximum absolute atomic E-state index is 12.6. The molecule has 6 heteroatoms. The predicted molar refractivity (Wildman–Crippen MR) is 98.2 cm³/mol. The molecule has 2 aromatic rings. The molecule has 27 heavy (non-hydrogen) atoms. The van der Waals surface area contributed by atoms with Gasteiger partial charge >= 0.3 is 12.1 Å². The van der Waals surface area contributed by atoms with Crippen LogP contribution in [-0.4, -0.2) is 54.5 Å². The topological polar surface area (TPSA) is 76.1 Å². The molecule has 1 aliphatic heterocycles. The highest BCUT2D eigenvalue weighted by Gasteiger charge is 2.43. The first kappa shape index (κ1) is 17.5. The molecule has 0 bridgehead atoms. The number of hydrogen-bond acceptors (Lipinski definition) is 5. The van der Waals surface area contributed by atoms with Crippen molar-refractivity contribution >= 4 is 12.1 Å². The second-order valence-electron chi connectivity index (χ2n) is 6.82. The van der Waals surface area contributed by atoms with E-state index in [9.17, 15) is 14.7 Å². The van der Waals surface area contributed by atoms with Crippen LogP contribution in [0, 0.1) is 0 Å². The van der Waals surface area contributed by atoms with Gasteiger partial charge in [0.25, 0.3) is 0 Å². The fraction of sp³-hybridized carbons (Fsp3) is 0.333. The molecule has 140 valence electrons. The second kappa shape index (κ2) is 7.04. The van der Waals surface area contributed by atoms with Crippen LogP contribution in [-0.2, 0) is 14.3 Å². The van der Waals surface area contributed by atoms with E-state index < -0.39 is 24.2 Å². The SMILES string of the molecule is COC(=O)[C@@H]1C(O)CCN1C(=O)OCC1c2ccccc2-c2ccccc21. The van der Waals surface area contributed by atoms with Crippen molar-refractivity contribution in [3.63, 3.8) is 0 Å². The van der Waals surface area contributed by atoms with Gasteiger partial charge in [-0.25, -0.2) is 9.59 Å². The molecule has 0 saturated carbocycles. The quantitative estimate of drug-likeness (QED) is 0.844. The van der Waals surface area contributed by atoms with Crippen molar-refractivity contribution < 1.29 is 24.2 Å². The molecular weight excluding hydrogens is 346 g/mol. The number of aliphatic hydroxyl groups is 1. The van der Waals surface area contributed by atoms with Gasteiger partial charge in [-0.1, -0.05) is 48.5 Å². The lowest BCUT2D eigenvalue weighted by Crippen LogP contribution is -2.46. The van der Waals surface area contributed by atoms with Crippen molar-refractivity contribution in [1.82, 2.24) is 4.90 Å². The average Bonchev–Trinajstić information content (AvgIpc) is 3.24. The summed E-state index contributed by atoms with van der Waals surface area (Å²) >= 11 is 0. The van der Waals surface area contributed by atoms with E-state index in [0.717, 1.165) is 22.3 Å².